The zero-order chi connectivity index (χ0) is 16.1. The van der Waals surface area contributed by atoms with Crippen LogP contribution in [0.5, 0.6) is 0 Å². The molecule has 1 aromatic carbocycles. The molecule has 3 rings (SSSR count). The van der Waals surface area contributed by atoms with Gasteiger partial charge in [-0.2, -0.15) is 0 Å². The number of nitrogens with one attached hydrogen (secondary N) is 1. The van der Waals surface area contributed by atoms with Crippen molar-refractivity contribution in [2.24, 2.45) is 17.1 Å². The van der Waals surface area contributed by atoms with Crippen LogP contribution in [0.2, 0.25) is 0 Å². The fraction of sp³-hybridized carbons (Fsp3) is 0.611. The Morgan fingerprint density at radius 3 is 2.83 bits per heavy atom. The predicted octanol–water partition coefficient (Wildman–Crippen LogP) is 2.31. The van der Waals surface area contributed by atoms with Gasteiger partial charge in [0.25, 0.3) is 0 Å². The average Bonchev–Trinajstić information content (AvgIpc) is 3.40. The number of carbonyl (C=O) groups excluding carboxylic acids is 1. The fourth-order valence-electron chi connectivity index (χ4n) is 2.92. The second kappa shape index (κ2) is 7.43. The number of nitrogens with two attached hydrogens (primary N) is 1. The molecule has 3 N–H and O–H groups in total. The van der Waals surface area contributed by atoms with Crippen molar-refractivity contribution in [3.05, 3.63) is 29.8 Å². The molecule has 1 aliphatic heterocycles. The standard InChI is InChI=1S/C18H26N2O3/c19-13-18(6-8-22-9-7-18)17(21)20-16-3-1-2-15(10-16)12-23-11-14-4-5-14/h1-3,10,14H,4-9,11-13,19H2,(H,20,21). The first kappa shape index (κ1) is 16.4. The molecule has 1 heterocycles. The Morgan fingerprint density at radius 2 is 2.13 bits per heavy atom. The van der Waals surface area contributed by atoms with Gasteiger partial charge in [0, 0.05) is 32.1 Å². The van der Waals surface area contributed by atoms with Gasteiger partial charge < -0.3 is 20.5 Å². The van der Waals surface area contributed by atoms with Crippen molar-refractivity contribution in [1.29, 1.82) is 0 Å². The molecule has 5 nitrogen and oxygen atoms in total. The second-order valence-corrected chi connectivity index (χ2v) is 6.71. The zero-order valence-corrected chi connectivity index (χ0v) is 13.6. The van der Waals surface area contributed by atoms with Crippen LogP contribution >= 0.6 is 0 Å². The lowest BCUT2D eigenvalue weighted by Gasteiger charge is -2.34. The van der Waals surface area contributed by atoms with E-state index < -0.39 is 5.41 Å². The van der Waals surface area contributed by atoms with E-state index in [-0.39, 0.29) is 5.91 Å². The van der Waals surface area contributed by atoms with Gasteiger partial charge >= 0.3 is 0 Å². The Labute approximate surface area is 137 Å². The summed E-state index contributed by atoms with van der Waals surface area (Å²) in [6, 6.07) is 7.86. The van der Waals surface area contributed by atoms with E-state index in [1.54, 1.807) is 0 Å². The number of hydrogen-bond acceptors (Lipinski definition) is 4. The van der Waals surface area contributed by atoms with Crippen LogP contribution < -0.4 is 11.1 Å². The number of anilines is 1. The lowest BCUT2D eigenvalue weighted by atomic mass is 9.79. The van der Waals surface area contributed by atoms with Crippen LogP contribution in [-0.2, 0) is 20.9 Å². The molecule has 1 aromatic rings. The maximum absolute atomic E-state index is 12.7. The molecule has 0 unspecified atom stereocenters. The minimum absolute atomic E-state index is 0.000603. The summed E-state index contributed by atoms with van der Waals surface area (Å²) in [5.41, 5.74) is 7.27. The van der Waals surface area contributed by atoms with Gasteiger partial charge in [0.05, 0.1) is 12.0 Å². The number of amides is 1. The van der Waals surface area contributed by atoms with Gasteiger partial charge in [-0.1, -0.05) is 12.1 Å². The smallest absolute Gasteiger partial charge is 0.232 e. The number of carbonyl (C=O) groups is 1. The van der Waals surface area contributed by atoms with Crippen molar-refractivity contribution >= 4 is 11.6 Å². The zero-order valence-electron chi connectivity index (χ0n) is 13.6. The van der Waals surface area contributed by atoms with E-state index >= 15 is 0 Å². The van der Waals surface area contributed by atoms with E-state index in [4.69, 9.17) is 15.2 Å². The molecular weight excluding hydrogens is 292 g/mol. The Hall–Kier alpha value is -1.43. The highest BCUT2D eigenvalue weighted by Gasteiger charge is 2.38. The third-order valence-electron chi connectivity index (χ3n) is 4.83. The molecule has 0 radical (unpaired) electrons. The summed E-state index contributed by atoms with van der Waals surface area (Å²) in [6.07, 6.45) is 3.95. The molecule has 0 bridgehead atoms. The molecule has 126 valence electrons. The van der Waals surface area contributed by atoms with Crippen LogP contribution in [-0.4, -0.2) is 32.3 Å². The molecule has 5 heteroatoms. The summed E-state index contributed by atoms with van der Waals surface area (Å²) in [6.45, 7) is 2.98. The molecule has 23 heavy (non-hydrogen) atoms. The molecule has 0 atom stereocenters. The van der Waals surface area contributed by atoms with E-state index in [1.165, 1.54) is 12.8 Å². The summed E-state index contributed by atoms with van der Waals surface area (Å²) in [7, 11) is 0. The highest BCUT2D eigenvalue weighted by molar-refractivity contribution is 5.95. The van der Waals surface area contributed by atoms with Gasteiger partial charge in [0.2, 0.25) is 5.91 Å². The second-order valence-electron chi connectivity index (χ2n) is 6.71. The quantitative estimate of drug-likeness (QED) is 0.809. The Balaban J connectivity index is 1.58. The highest BCUT2D eigenvalue weighted by Crippen LogP contribution is 2.31. The van der Waals surface area contributed by atoms with Gasteiger partial charge in [0.1, 0.15) is 0 Å². The van der Waals surface area contributed by atoms with Crippen molar-refractivity contribution in [1.82, 2.24) is 0 Å². The largest absolute Gasteiger partial charge is 0.381 e. The van der Waals surface area contributed by atoms with Crippen LogP contribution in [0.4, 0.5) is 5.69 Å². The topological polar surface area (TPSA) is 73.6 Å². The van der Waals surface area contributed by atoms with Crippen LogP contribution in [0.25, 0.3) is 0 Å². The number of ether oxygens (including phenoxy) is 2. The predicted molar refractivity (Wildman–Crippen MR) is 89.0 cm³/mol. The number of benzene rings is 1. The normalized spacial score (nSPS) is 20.2. The fourth-order valence-corrected chi connectivity index (χ4v) is 2.92. The minimum atomic E-state index is -0.503. The third-order valence-corrected chi connectivity index (χ3v) is 4.83. The summed E-state index contributed by atoms with van der Waals surface area (Å²) < 4.78 is 11.1. The molecule has 1 saturated heterocycles. The van der Waals surface area contributed by atoms with Crippen LogP contribution in [0.15, 0.2) is 24.3 Å². The van der Waals surface area contributed by atoms with Crippen LogP contribution in [0.1, 0.15) is 31.2 Å². The van der Waals surface area contributed by atoms with E-state index in [1.807, 2.05) is 24.3 Å². The van der Waals surface area contributed by atoms with E-state index in [0.717, 1.165) is 23.8 Å². The molecule has 1 amide bonds. The Kier molecular flexibility index (Phi) is 5.30. The lowest BCUT2D eigenvalue weighted by Crippen LogP contribution is -2.46. The maximum Gasteiger partial charge on any atom is 0.232 e. The SMILES string of the molecule is NCC1(C(=O)Nc2cccc(COCC3CC3)c2)CCOCC1. The third kappa shape index (κ3) is 4.31. The van der Waals surface area contributed by atoms with Gasteiger partial charge in [-0.15, -0.1) is 0 Å². The maximum atomic E-state index is 12.7. The van der Waals surface area contributed by atoms with Crippen molar-refractivity contribution in [2.75, 3.05) is 31.7 Å². The average molecular weight is 318 g/mol. The molecule has 0 aromatic heterocycles. The molecule has 0 spiro atoms. The summed E-state index contributed by atoms with van der Waals surface area (Å²) in [5, 5.41) is 3.03. The van der Waals surface area contributed by atoms with Crippen LogP contribution in [0, 0.1) is 11.3 Å². The minimum Gasteiger partial charge on any atom is -0.381 e. The van der Waals surface area contributed by atoms with Crippen LogP contribution in [0.3, 0.4) is 0 Å². The molecular formula is C18H26N2O3. The van der Waals surface area contributed by atoms with Crippen molar-refractivity contribution in [3.8, 4) is 0 Å². The van der Waals surface area contributed by atoms with Gasteiger partial charge in [-0.05, 0) is 49.3 Å². The van der Waals surface area contributed by atoms with Crippen molar-refractivity contribution in [3.63, 3.8) is 0 Å². The summed E-state index contributed by atoms with van der Waals surface area (Å²) in [4.78, 5) is 12.7. The van der Waals surface area contributed by atoms with Crippen molar-refractivity contribution in [2.45, 2.75) is 32.3 Å². The highest BCUT2D eigenvalue weighted by atomic mass is 16.5. The molecule has 1 saturated carbocycles. The lowest BCUT2D eigenvalue weighted by molar-refractivity contribution is -0.130. The van der Waals surface area contributed by atoms with Gasteiger partial charge in [-0.25, -0.2) is 0 Å². The first-order chi connectivity index (χ1) is 11.2. The van der Waals surface area contributed by atoms with E-state index in [0.29, 0.717) is 39.2 Å². The molecule has 1 aliphatic carbocycles. The van der Waals surface area contributed by atoms with Gasteiger partial charge in [-0.3, -0.25) is 4.79 Å². The van der Waals surface area contributed by atoms with E-state index in [9.17, 15) is 4.79 Å². The summed E-state index contributed by atoms with van der Waals surface area (Å²) >= 11 is 0. The van der Waals surface area contributed by atoms with E-state index in [2.05, 4.69) is 5.32 Å². The monoisotopic (exact) mass is 318 g/mol. The van der Waals surface area contributed by atoms with Gasteiger partial charge in [0.15, 0.2) is 0 Å². The molecule has 2 aliphatic rings. The number of hydrogen-bond donors (Lipinski definition) is 2. The first-order valence-corrected chi connectivity index (χ1v) is 8.48. The Bertz CT molecular complexity index is 537. The summed E-state index contributed by atoms with van der Waals surface area (Å²) in [5.74, 6) is 0.759. The Morgan fingerprint density at radius 1 is 1.35 bits per heavy atom. The number of rotatable bonds is 7. The van der Waals surface area contributed by atoms with Crippen molar-refractivity contribution < 1.29 is 14.3 Å². The molecule has 2 fully saturated rings. The first-order valence-electron chi connectivity index (χ1n) is 8.48.